The van der Waals surface area contributed by atoms with Crippen LogP contribution in [0.4, 0.5) is 22.0 Å². The highest BCUT2D eigenvalue weighted by molar-refractivity contribution is 6.32. The molecule has 0 saturated carbocycles. The van der Waals surface area contributed by atoms with Crippen molar-refractivity contribution in [1.82, 2.24) is 4.90 Å². The van der Waals surface area contributed by atoms with E-state index < -0.39 is 36.6 Å². The third kappa shape index (κ3) is 4.09. The quantitative estimate of drug-likeness (QED) is 0.553. The fourth-order valence-corrected chi connectivity index (χ4v) is 3.44. The lowest BCUT2D eigenvalue weighted by Crippen LogP contribution is -2.40. The van der Waals surface area contributed by atoms with Crippen LogP contribution in [0.2, 0.25) is 5.02 Å². The van der Waals surface area contributed by atoms with Crippen LogP contribution >= 0.6 is 11.6 Å². The van der Waals surface area contributed by atoms with Gasteiger partial charge in [-0.2, -0.15) is 0 Å². The number of aliphatic hydroxyl groups is 1. The van der Waals surface area contributed by atoms with E-state index in [9.17, 15) is 27.1 Å². The summed E-state index contributed by atoms with van der Waals surface area (Å²) in [6.45, 7) is -0.799. The molecule has 0 aliphatic carbocycles. The van der Waals surface area contributed by atoms with Gasteiger partial charge in [-0.05, 0) is 54.3 Å². The van der Waals surface area contributed by atoms with E-state index in [1.807, 2.05) is 0 Å². The van der Waals surface area contributed by atoms with Gasteiger partial charge in [0, 0.05) is 11.6 Å². The molecule has 2 nitrogen and oxygen atoms in total. The van der Waals surface area contributed by atoms with E-state index in [0.29, 0.717) is 17.2 Å². The first kappa shape index (κ1) is 19.6. The fraction of sp³-hybridized carbons (Fsp3) is 0.263. The van der Waals surface area contributed by atoms with E-state index in [2.05, 4.69) is 0 Å². The highest BCUT2D eigenvalue weighted by Gasteiger charge is 2.32. The van der Waals surface area contributed by atoms with Crippen molar-refractivity contribution < 1.29 is 27.1 Å². The van der Waals surface area contributed by atoms with Crippen LogP contribution in [0.5, 0.6) is 0 Å². The topological polar surface area (TPSA) is 23.5 Å². The average molecular weight is 404 g/mol. The van der Waals surface area contributed by atoms with Crippen molar-refractivity contribution in [2.45, 2.75) is 25.5 Å². The maximum atomic E-state index is 13.9. The van der Waals surface area contributed by atoms with Gasteiger partial charge in [-0.15, -0.1) is 0 Å². The molecule has 0 saturated heterocycles. The second-order valence-electron chi connectivity index (χ2n) is 6.15. The van der Waals surface area contributed by atoms with Gasteiger partial charge in [0.2, 0.25) is 0 Å². The van der Waals surface area contributed by atoms with Gasteiger partial charge in [0.15, 0.2) is 0 Å². The maximum absolute atomic E-state index is 13.9. The number of hydrogen-bond donors (Lipinski definition) is 1. The van der Waals surface area contributed by atoms with Crippen LogP contribution in [-0.2, 0) is 0 Å². The van der Waals surface area contributed by atoms with Gasteiger partial charge < -0.3 is 10.0 Å². The largest absolute Gasteiger partial charge is 0.374 e. The number of benzene rings is 2. The molecule has 2 aromatic rings. The van der Waals surface area contributed by atoms with Crippen LogP contribution in [0, 0.1) is 17.5 Å². The maximum Gasteiger partial charge on any atom is 0.255 e. The van der Waals surface area contributed by atoms with Crippen molar-refractivity contribution in [3.63, 3.8) is 0 Å². The Morgan fingerprint density at radius 1 is 1.07 bits per heavy atom. The van der Waals surface area contributed by atoms with E-state index in [0.717, 1.165) is 23.1 Å². The van der Waals surface area contributed by atoms with Crippen LogP contribution in [0.3, 0.4) is 0 Å². The number of alkyl halides is 2. The molecule has 0 fully saturated rings. The fourth-order valence-electron chi connectivity index (χ4n) is 3.22. The highest BCUT2D eigenvalue weighted by atomic mass is 35.5. The van der Waals surface area contributed by atoms with Crippen molar-refractivity contribution >= 4 is 22.9 Å². The van der Waals surface area contributed by atoms with Gasteiger partial charge >= 0.3 is 0 Å². The summed E-state index contributed by atoms with van der Waals surface area (Å²) in [6.07, 6.45) is -3.77. The molecular weight excluding hydrogens is 389 g/mol. The van der Waals surface area contributed by atoms with Gasteiger partial charge in [0.05, 0.1) is 17.3 Å². The molecule has 3 rings (SSSR count). The molecule has 1 heterocycles. The summed E-state index contributed by atoms with van der Waals surface area (Å²) in [7, 11) is 0. The Morgan fingerprint density at radius 2 is 1.74 bits per heavy atom. The Bertz CT molecular complexity index is 869. The molecule has 0 aromatic heterocycles. The Hall–Kier alpha value is -2.12. The first-order valence-corrected chi connectivity index (χ1v) is 8.52. The summed E-state index contributed by atoms with van der Waals surface area (Å²) >= 11 is 6.00. The standard InChI is InChI=1S/C19H15ClF5NO/c20-18-14(7-12(22)8-15(18)23)13-5-6-17(27)26(9-16(24)25)19(13)10-1-3-11(21)4-2-10/h1-4,7-8,16-17,27H,5-6,9H2. The Balaban J connectivity index is 2.26. The van der Waals surface area contributed by atoms with Crippen LogP contribution in [0.15, 0.2) is 36.4 Å². The van der Waals surface area contributed by atoms with Crippen LogP contribution in [-0.4, -0.2) is 29.2 Å². The van der Waals surface area contributed by atoms with Crippen LogP contribution in [0.1, 0.15) is 24.0 Å². The van der Waals surface area contributed by atoms with E-state index in [1.165, 1.54) is 12.1 Å². The van der Waals surface area contributed by atoms with Gasteiger partial charge in [-0.1, -0.05) is 11.6 Å². The van der Waals surface area contributed by atoms with Gasteiger partial charge in [0.25, 0.3) is 6.43 Å². The van der Waals surface area contributed by atoms with Crippen molar-refractivity contribution in [2.75, 3.05) is 6.54 Å². The molecule has 1 aliphatic rings. The number of aliphatic hydroxyl groups excluding tert-OH is 1. The molecule has 1 aliphatic heterocycles. The Kier molecular flexibility index (Phi) is 5.72. The van der Waals surface area contributed by atoms with E-state index in [1.54, 1.807) is 0 Å². The molecule has 8 heteroatoms. The number of rotatable bonds is 4. The van der Waals surface area contributed by atoms with Crippen molar-refractivity contribution in [2.24, 2.45) is 0 Å². The van der Waals surface area contributed by atoms with Gasteiger partial charge in [-0.3, -0.25) is 0 Å². The summed E-state index contributed by atoms with van der Waals surface area (Å²) < 4.78 is 67.2. The minimum Gasteiger partial charge on any atom is -0.374 e. The van der Waals surface area contributed by atoms with Crippen LogP contribution < -0.4 is 0 Å². The minimum atomic E-state index is -2.77. The number of halogens is 6. The lowest BCUT2D eigenvalue weighted by molar-refractivity contribution is -0.000808. The van der Waals surface area contributed by atoms with E-state index in [-0.39, 0.29) is 29.1 Å². The molecule has 1 N–H and O–H groups in total. The summed E-state index contributed by atoms with van der Waals surface area (Å²) in [6, 6.07) is 6.61. The predicted molar refractivity (Wildman–Crippen MR) is 92.5 cm³/mol. The smallest absolute Gasteiger partial charge is 0.255 e. The van der Waals surface area contributed by atoms with Gasteiger partial charge in [0.1, 0.15) is 23.7 Å². The lowest BCUT2D eigenvalue weighted by Gasteiger charge is -2.38. The monoisotopic (exact) mass is 403 g/mol. The lowest BCUT2D eigenvalue weighted by atomic mass is 9.90. The first-order chi connectivity index (χ1) is 12.8. The van der Waals surface area contributed by atoms with Crippen molar-refractivity contribution in [1.29, 1.82) is 0 Å². The molecule has 144 valence electrons. The second kappa shape index (κ2) is 7.86. The molecular formula is C19H15ClF5NO. The SMILES string of the molecule is OC1CCC(c2cc(F)cc(F)c2Cl)=C(c2ccc(F)cc2)N1CC(F)F. The third-order valence-corrected chi connectivity index (χ3v) is 4.74. The average Bonchev–Trinajstić information content (AvgIpc) is 2.60. The summed E-state index contributed by atoms with van der Waals surface area (Å²) in [5, 5.41) is 9.90. The second-order valence-corrected chi connectivity index (χ2v) is 6.52. The van der Waals surface area contributed by atoms with E-state index >= 15 is 0 Å². The number of hydrogen-bond acceptors (Lipinski definition) is 2. The number of allylic oxidation sites excluding steroid dienone is 1. The Morgan fingerprint density at radius 3 is 2.37 bits per heavy atom. The molecule has 0 bridgehead atoms. The minimum absolute atomic E-state index is 0.0136. The van der Waals surface area contributed by atoms with Crippen molar-refractivity contribution in [3.05, 3.63) is 70.0 Å². The number of nitrogens with zero attached hydrogens (tertiary/aromatic N) is 1. The highest BCUT2D eigenvalue weighted by Crippen LogP contribution is 2.41. The van der Waals surface area contributed by atoms with Gasteiger partial charge in [-0.25, -0.2) is 22.0 Å². The van der Waals surface area contributed by atoms with E-state index in [4.69, 9.17) is 11.6 Å². The summed E-state index contributed by atoms with van der Waals surface area (Å²) in [5.41, 5.74) is 0.781. The first-order valence-electron chi connectivity index (χ1n) is 8.14. The molecule has 1 unspecified atom stereocenters. The normalized spacial score (nSPS) is 17.8. The molecule has 1 atom stereocenters. The molecule has 0 amide bonds. The molecule has 2 aromatic carbocycles. The van der Waals surface area contributed by atoms with Crippen molar-refractivity contribution in [3.8, 4) is 0 Å². The third-order valence-electron chi connectivity index (χ3n) is 4.36. The Labute approximate surface area is 157 Å². The molecule has 27 heavy (non-hydrogen) atoms. The predicted octanol–water partition coefficient (Wildman–Crippen LogP) is 5.30. The zero-order chi connectivity index (χ0) is 19.7. The molecule has 0 spiro atoms. The molecule has 0 radical (unpaired) electrons. The zero-order valence-corrected chi connectivity index (χ0v) is 14.7. The summed E-state index contributed by atoms with van der Waals surface area (Å²) in [4.78, 5) is 1.05. The summed E-state index contributed by atoms with van der Waals surface area (Å²) in [5.74, 6) is -2.39. The zero-order valence-electron chi connectivity index (χ0n) is 13.9. The van der Waals surface area contributed by atoms with Crippen LogP contribution in [0.25, 0.3) is 11.3 Å².